The predicted molar refractivity (Wildman–Crippen MR) is 69.8 cm³/mol. The fraction of sp³-hybridized carbons (Fsp3) is 0.571. The second kappa shape index (κ2) is 7.43. The van der Waals surface area contributed by atoms with Crippen LogP contribution >= 0.6 is 0 Å². The molecule has 0 heterocycles. The van der Waals surface area contributed by atoms with Gasteiger partial charge in [0.1, 0.15) is 6.79 Å². The van der Waals surface area contributed by atoms with Gasteiger partial charge in [0.15, 0.2) is 0 Å². The molecule has 0 aliphatic rings. The van der Waals surface area contributed by atoms with Gasteiger partial charge in [0.2, 0.25) is 0 Å². The molecular weight excluding hydrogens is 214 g/mol. The third kappa shape index (κ3) is 6.41. The Hall–Kier alpha value is -0.900. The number of ether oxygens (including phenoxy) is 2. The van der Waals surface area contributed by atoms with Gasteiger partial charge in [0.25, 0.3) is 0 Å². The van der Waals surface area contributed by atoms with Crippen molar-refractivity contribution in [1.29, 1.82) is 0 Å². The van der Waals surface area contributed by atoms with E-state index < -0.39 is 0 Å². The maximum atomic E-state index is 5.39. The van der Waals surface area contributed by atoms with E-state index in [-0.39, 0.29) is 5.41 Å². The van der Waals surface area contributed by atoms with E-state index in [2.05, 4.69) is 43.4 Å². The molecule has 1 rings (SSSR count). The lowest BCUT2D eigenvalue weighted by Crippen LogP contribution is -2.33. The van der Waals surface area contributed by atoms with Gasteiger partial charge in [-0.3, -0.25) is 0 Å². The fourth-order valence-corrected chi connectivity index (χ4v) is 1.59. The molecule has 0 amide bonds. The smallest absolute Gasteiger partial charge is 0.146 e. The molecule has 1 aromatic rings. The zero-order valence-electron chi connectivity index (χ0n) is 11.0. The number of nitrogens with one attached hydrogen (secondary N) is 1. The average molecular weight is 237 g/mol. The van der Waals surface area contributed by atoms with Crippen molar-refractivity contribution >= 4 is 0 Å². The molecule has 1 N–H and O–H groups in total. The summed E-state index contributed by atoms with van der Waals surface area (Å²) in [5.41, 5.74) is 1.42. The van der Waals surface area contributed by atoms with E-state index in [9.17, 15) is 0 Å². The second-order valence-corrected chi connectivity index (χ2v) is 5.01. The lowest BCUT2D eigenvalue weighted by atomic mass is 9.95. The Morgan fingerprint density at radius 3 is 2.53 bits per heavy atom. The molecule has 3 nitrogen and oxygen atoms in total. The first-order valence-electron chi connectivity index (χ1n) is 5.95. The van der Waals surface area contributed by atoms with Crippen LogP contribution in [0.25, 0.3) is 0 Å². The Labute approximate surface area is 104 Å². The summed E-state index contributed by atoms with van der Waals surface area (Å²) >= 11 is 0. The molecule has 0 atom stereocenters. The van der Waals surface area contributed by atoms with Crippen LogP contribution in [0, 0.1) is 5.41 Å². The molecule has 1 aromatic carbocycles. The lowest BCUT2D eigenvalue weighted by Gasteiger charge is -2.24. The normalized spacial score (nSPS) is 11.7. The highest BCUT2D eigenvalue weighted by molar-refractivity contribution is 5.14. The Kier molecular flexibility index (Phi) is 6.19. The lowest BCUT2D eigenvalue weighted by molar-refractivity contribution is -0.0575. The average Bonchev–Trinajstić information content (AvgIpc) is 2.30. The van der Waals surface area contributed by atoms with Crippen molar-refractivity contribution in [3.05, 3.63) is 35.9 Å². The van der Waals surface area contributed by atoms with E-state index in [4.69, 9.17) is 9.47 Å². The number of hydrogen-bond donors (Lipinski definition) is 1. The van der Waals surface area contributed by atoms with Gasteiger partial charge in [-0.25, -0.2) is 0 Å². The minimum Gasteiger partial charge on any atom is -0.359 e. The third-order valence-corrected chi connectivity index (χ3v) is 2.47. The van der Waals surface area contributed by atoms with Gasteiger partial charge >= 0.3 is 0 Å². The first kappa shape index (κ1) is 14.2. The molecule has 0 radical (unpaired) electrons. The quantitative estimate of drug-likeness (QED) is 0.556. The Bertz CT molecular complexity index is 298. The summed E-state index contributed by atoms with van der Waals surface area (Å²) in [6, 6.07) is 10.4. The fourth-order valence-electron chi connectivity index (χ4n) is 1.59. The van der Waals surface area contributed by atoms with Crippen LogP contribution in [0.4, 0.5) is 0 Å². The third-order valence-electron chi connectivity index (χ3n) is 2.47. The van der Waals surface area contributed by atoms with Crippen molar-refractivity contribution in [2.24, 2.45) is 5.41 Å². The SMILES string of the molecule is COCOCC(C)(C)CNCc1ccccc1. The van der Waals surface area contributed by atoms with Crippen LogP contribution in [0.5, 0.6) is 0 Å². The zero-order chi connectivity index (χ0) is 12.6. The molecule has 0 unspecified atom stereocenters. The molecule has 0 aliphatic heterocycles. The van der Waals surface area contributed by atoms with Gasteiger partial charge in [0, 0.05) is 25.6 Å². The van der Waals surface area contributed by atoms with Gasteiger partial charge in [-0.05, 0) is 5.56 Å². The first-order valence-corrected chi connectivity index (χ1v) is 5.95. The molecule has 96 valence electrons. The summed E-state index contributed by atoms with van der Waals surface area (Å²) in [5, 5.41) is 3.45. The van der Waals surface area contributed by atoms with Gasteiger partial charge in [-0.15, -0.1) is 0 Å². The Morgan fingerprint density at radius 1 is 1.18 bits per heavy atom. The highest BCUT2D eigenvalue weighted by atomic mass is 16.7. The van der Waals surface area contributed by atoms with Crippen molar-refractivity contribution in [2.75, 3.05) is 27.1 Å². The summed E-state index contributed by atoms with van der Waals surface area (Å²) in [4.78, 5) is 0. The van der Waals surface area contributed by atoms with Crippen molar-refractivity contribution < 1.29 is 9.47 Å². The van der Waals surface area contributed by atoms with Gasteiger partial charge in [-0.2, -0.15) is 0 Å². The molecule has 0 saturated carbocycles. The number of hydrogen-bond acceptors (Lipinski definition) is 3. The molecule has 0 aromatic heterocycles. The predicted octanol–water partition coefficient (Wildman–Crippen LogP) is 2.42. The summed E-state index contributed by atoms with van der Waals surface area (Å²) < 4.78 is 10.3. The second-order valence-electron chi connectivity index (χ2n) is 5.01. The van der Waals surface area contributed by atoms with Crippen LogP contribution in [-0.2, 0) is 16.0 Å². The largest absolute Gasteiger partial charge is 0.359 e. The van der Waals surface area contributed by atoms with E-state index in [0.29, 0.717) is 13.4 Å². The number of methoxy groups -OCH3 is 1. The van der Waals surface area contributed by atoms with Crippen LogP contribution in [0.3, 0.4) is 0 Å². The highest BCUT2D eigenvalue weighted by Gasteiger charge is 2.17. The van der Waals surface area contributed by atoms with E-state index in [1.807, 2.05) is 6.07 Å². The molecule has 0 fully saturated rings. The van der Waals surface area contributed by atoms with E-state index in [1.54, 1.807) is 7.11 Å². The van der Waals surface area contributed by atoms with Crippen LogP contribution < -0.4 is 5.32 Å². The van der Waals surface area contributed by atoms with Gasteiger partial charge < -0.3 is 14.8 Å². The highest BCUT2D eigenvalue weighted by Crippen LogP contribution is 2.14. The summed E-state index contributed by atoms with van der Waals surface area (Å²) in [5.74, 6) is 0. The summed E-state index contributed by atoms with van der Waals surface area (Å²) in [6.07, 6.45) is 0. The van der Waals surface area contributed by atoms with Crippen LogP contribution in [0.15, 0.2) is 30.3 Å². The van der Waals surface area contributed by atoms with Gasteiger partial charge in [-0.1, -0.05) is 44.2 Å². The molecule has 0 spiro atoms. The molecular formula is C14H23NO2. The van der Waals surface area contributed by atoms with Crippen molar-refractivity contribution in [2.45, 2.75) is 20.4 Å². The molecule has 3 heteroatoms. The first-order chi connectivity index (χ1) is 8.14. The van der Waals surface area contributed by atoms with Crippen LogP contribution in [-0.4, -0.2) is 27.1 Å². The molecule has 0 saturated heterocycles. The van der Waals surface area contributed by atoms with Gasteiger partial charge in [0.05, 0.1) is 6.61 Å². The monoisotopic (exact) mass is 237 g/mol. The summed E-state index contributed by atoms with van der Waals surface area (Å²) in [7, 11) is 1.64. The number of rotatable bonds is 8. The Balaban J connectivity index is 2.20. The topological polar surface area (TPSA) is 30.5 Å². The summed E-state index contributed by atoms with van der Waals surface area (Å²) in [6.45, 7) is 7.24. The minimum atomic E-state index is 0.118. The zero-order valence-corrected chi connectivity index (χ0v) is 11.0. The Morgan fingerprint density at radius 2 is 1.88 bits per heavy atom. The number of benzene rings is 1. The van der Waals surface area contributed by atoms with E-state index in [0.717, 1.165) is 13.1 Å². The molecule has 0 bridgehead atoms. The molecule has 17 heavy (non-hydrogen) atoms. The van der Waals surface area contributed by atoms with Crippen LogP contribution in [0.1, 0.15) is 19.4 Å². The van der Waals surface area contributed by atoms with E-state index in [1.165, 1.54) is 5.56 Å². The maximum absolute atomic E-state index is 5.39. The maximum Gasteiger partial charge on any atom is 0.146 e. The minimum absolute atomic E-state index is 0.118. The van der Waals surface area contributed by atoms with Crippen molar-refractivity contribution in [3.8, 4) is 0 Å². The van der Waals surface area contributed by atoms with Crippen LogP contribution in [0.2, 0.25) is 0 Å². The van der Waals surface area contributed by atoms with E-state index >= 15 is 0 Å². The van der Waals surface area contributed by atoms with Crippen molar-refractivity contribution in [3.63, 3.8) is 0 Å². The van der Waals surface area contributed by atoms with Crippen molar-refractivity contribution in [1.82, 2.24) is 5.32 Å². The standard InChI is InChI=1S/C14H23NO2/c1-14(2,11-17-12-16-3)10-15-9-13-7-5-4-6-8-13/h4-8,15H,9-12H2,1-3H3. The molecule has 0 aliphatic carbocycles.